The number of hydrogen-bond acceptors (Lipinski definition) is 3. The van der Waals surface area contributed by atoms with Crippen LogP contribution in [0.3, 0.4) is 0 Å². The van der Waals surface area contributed by atoms with Crippen molar-refractivity contribution in [2.45, 2.75) is 104 Å². The topological polar surface area (TPSA) is 43.4 Å². The highest BCUT2D eigenvalue weighted by Gasteiger charge is 2.68. The minimum absolute atomic E-state index is 0.0429. The van der Waals surface area contributed by atoms with Crippen molar-refractivity contribution in [3.8, 4) is 0 Å². The van der Waals surface area contributed by atoms with Crippen molar-refractivity contribution in [2.75, 3.05) is 0 Å². The largest absolute Gasteiger partial charge is 0.462 e. The molecule has 0 radical (unpaired) electrons. The van der Waals surface area contributed by atoms with Gasteiger partial charge in [-0.2, -0.15) is 0 Å². The molecule has 30 heavy (non-hydrogen) atoms. The van der Waals surface area contributed by atoms with E-state index in [4.69, 9.17) is 4.74 Å². The zero-order valence-electron chi connectivity index (χ0n) is 19.5. The van der Waals surface area contributed by atoms with Crippen molar-refractivity contribution in [1.82, 2.24) is 0 Å². The molecule has 166 valence electrons. The smallest absolute Gasteiger partial charge is 0.302 e. The third-order valence-electron chi connectivity index (χ3n) is 11.0. The summed E-state index contributed by atoms with van der Waals surface area (Å²) in [6.07, 6.45) is 15.6. The average Bonchev–Trinajstić information content (AvgIpc) is 2.98. The van der Waals surface area contributed by atoms with E-state index in [9.17, 15) is 9.59 Å². The Morgan fingerprint density at radius 2 is 1.80 bits per heavy atom. The average molecular weight is 413 g/mol. The molecule has 0 heterocycles. The third kappa shape index (κ3) is 2.62. The van der Waals surface area contributed by atoms with E-state index in [0.717, 1.165) is 37.5 Å². The number of allylic oxidation sites excluding steroid dienone is 1. The number of rotatable bonds is 2. The zero-order chi connectivity index (χ0) is 21.3. The Bertz CT molecular complexity index is 783. The van der Waals surface area contributed by atoms with Crippen LogP contribution in [0, 0.1) is 39.9 Å². The fourth-order valence-electron chi connectivity index (χ4n) is 9.76. The van der Waals surface area contributed by atoms with Crippen LogP contribution in [-0.2, 0) is 14.3 Å². The molecule has 3 nitrogen and oxygen atoms in total. The molecule has 0 aromatic rings. The number of carbonyl (C=O) groups excluding carboxylic acids is 2. The molecule has 0 bridgehead atoms. The number of carbonyl (C=O) groups is 2. The highest BCUT2D eigenvalue weighted by atomic mass is 16.5. The van der Waals surface area contributed by atoms with Gasteiger partial charge in [0.1, 0.15) is 11.9 Å². The summed E-state index contributed by atoms with van der Waals surface area (Å²) in [6.45, 7) is 8.46. The molecule has 4 fully saturated rings. The van der Waals surface area contributed by atoms with Crippen molar-refractivity contribution in [2.24, 2.45) is 39.9 Å². The summed E-state index contributed by atoms with van der Waals surface area (Å²) in [6, 6.07) is 0. The van der Waals surface area contributed by atoms with E-state index in [-0.39, 0.29) is 28.3 Å². The van der Waals surface area contributed by atoms with E-state index in [1.807, 2.05) is 6.92 Å². The Balaban J connectivity index is 1.46. The van der Waals surface area contributed by atoms with Gasteiger partial charge in [0.05, 0.1) is 0 Å². The van der Waals surface area contributed by atoms with Crippen molar-refractivity contribution >= 4 is 11.8 Å². The first kappa shape index (κ1) is 20.8. The van der Waals surface area contributed by atoms with Crippen LogP contribution in [0.1, 0.15) is 98.3 Å². The summed E-state index contributed by atoms with van der Waals surface area (Å²) in [5, 5.41) is 0. The van der Waals surface area contributed by atoms with Gasteiger partial charge in [-0.1, -0.05) is 38.3 Å². The maximum Gasteiger partial charge on any atom is 0.302 e. The van der Waals surface area contributed by atoms with E-state index < -0.39 is 0 Å². The van der Waals surface area contributed by atoms with Crippen molar-refractivity contribution in [1.29, 1.82) is 0 Å². The fourth-order valence-corrected chi connectivity index (χ4v) is 9.76. The number of ether oxygens (including phenoxy) is 1. The first-order valence-electron chi connectivity index (χ1n) is 12.6. The number of fused-ring (bicyclic) bond motifs is 7. The summed E-state index contributed by atoms with van der Waals surface area (Å²) in [4.78, 5) is 24.7. The van der Waals surface area contributed by atoms with Gasteiger partial charge in [-0.15, -0.1) is 0 Å². The quantitative estimate of drug-likeness (QED) is 0.397. The van der Waals surface area contributed by atoms with Crippen molar-refractivity contribution in [3.05, 3.63) is 11.6 Å². The molecule has 8 atom stereocenters. The Hall–Kier alpha value is -1.12. The predicted octanol–water partition coefficient (Wildman–Crippen LogP) is 6.26. The van der Waals surface area contributed by atoms with E-state index in [0.29, 0.717) is 17.6 Å². The minimum atomic E-state index is -0.144. The summed E-state index contributed by atoms with van der Waals surface area (Å²) in [5.41, 5.74) is 1.97. The lowest BCUT2D eigenvalue weighted by Crippen LogP contribution is -2.55. The van der Waals surface area contributed by atoms with E-state index in [2.05, 4.69) is 19.9 Å². The third-order valence-corrected chi connectivity index (χ3v) is 11.0. The van der Waals surface area contributed by atoms with Crippen LogP contribution in [0.5, 0.6) is 0 Å². The number of Topliss-reactive ketones (excluding diaryl/α,β-unsaturated/α-hetero) is 1. The molecule has 0 unspecified atom stereocenters. The second-order valence-electron chi connectivity index (χ2n) is 11.9. The molecule has 5 rings (SSSR count). The van der Waals surface area contributed by atoms with Gasteiger partial charge in [0, 0.05) is 18.8 Å². The summed E-state index contributed by atoms with van der Waals surface area (Å²) in [7, 11) is 0. The van der Waals surface area contributed by atoms with E-state index in [1.165, 1.54) is 51.9 Å². The van der Waals surface area contributed by atoms with Crippen LogP contribution >= 0.6 is 0 Å². The molecule has 0 aromatic heterocycles. The molecule has 0 aromatic carbocycles. The maximum atomic E-state index is 13.2. The highest BCUT2D eigenvalue weighted by Crippen LogP contribution is 2.73. The van der Waals surface area contributed by atoms with Gasteiger partial charge < -0.3 is 4.74 Å². The number of ketones is 1. The first-order valence-corrected chi connectivity index (χ1v) is 12.6. The van der Waals surface area contributed by atoms with Gasteiger partial charge in [0.15, 0.2) is 0 Å². The second kappa shape index (κ2) is 6.94. The second-order valence-corrected chi connectivity index (χ2v) is 11.9. The van der Waals surface area contributed by atoms with E-state index >= 15 is 0 Å². The van der Waals surface area contributed by atoms with Crippen LogP contribution in [0.15, 0.2) is 11.6 Å². The van der Waals surface area contributed by atoms with Gasteiger partial charge in [-0.25, -0.2) is 0 Å². The molecule has 0 N–H and O–H groups in total. The summed E-state index contributed by atoms with van der Waals surface area (Å²) < 4.78 is 5.59. The lowest BCUT2D eigenvalue weighted by Gasteiger charge is -2.60. The molecule has 4 saturated carbocycles. The SMILES string of the molecule is CC(=O)O[C@@H]1CC[C@@]2(C)C(=CC[C@H]3[C@H]2CC[C@@]2(C)[C@H]3C[C@@H]3CCCC[C@]32C(C)=O)C1. The van der Waals surface area contributed by atoms with Gasteiger partial charge >= 0.3 is 5.97 Å². The molecule has 5 aliphatic rings. The van der Waals surface area contributed by atoms with Crippen LogP contribution < -0.4 is 0 Å². The van der Waals surface area contributed by atoms with Crippen LogP contribution in [0.4, 0.5) is 0 Å². The van der Waals surface area contributed by atoms with Crippen LogP contribution in [0.2, 0.25) is 0 Å². The fraction of sp³-hybridized carbons (Fsp3) is 0.852. The van der Waals surface area contributed by atoms with Crippen LogP contribution in [-0.4, -0.2) is 17.9 Å². The standard InChI is InChI=1S/C27H40O3/c1-17(28)27-12-6-5-7-20(27)16-24-22-9-8-19-15-21(30-18(2)29)10-13-25(19,3)23(22)11-14-26(24,27)4/h8,20-24H,5-7,9-16H2,1-4H3/t20-,21+,22-,23+,24-,25-,26-,27-/m0/s1. The molecular weight excluding hydrogens is 372 g/mol. The summed E-state index contributed by atoms with van der Waals surface area (Å²) in [5.74, 6) is 3.13. The number of esters is 1. The predicted molar refractivity (Wildman–Crippen MR) is 118 cm³/mol. The molecule has 0 saturated heterocycles. The van der Waals surface area contributed by atoms with Gasteiger partial charge in [-0.3, -0.25) is 9.59 Å². The lowest BCUT2D eigenvalue weighted by molar-refractivity contribution is -0.151. The monoisotopic (exact) mass is 412 g/mol. The van der Waals surface area contributed by atoms with Gasteiger partial charge in [-0.05, 0) is 92.8 Å². The molecule has 0 amide bonds. The zero-order valence-corrected chi connectivity index (χ0v) is 19.5. The molecule has 3 heteroatoms. The Kier molecular flexibility index (Phi) is 4.80. The Morgan fingerprint density at radius 1 is 1.00 bits per heavy atom. The van der Waals surface area contributed by atoms with Crippen molar-refractivity contribution in [3.63, 3.8) is 0 Å². The Morgan fingerprint density at radius 3 is 2.53 bits per heavy atom. The number of hydrogen-bond donors (Lipinski definition) is 0. The first-order chi connectivity index (χ1) is 14.2. The minimum Gasteiger partial charge on any atom is -0.462 e. The molecule has 0 spiro atoms. The summed E-state index contributed by atoms with van der Waals surface area (Å²) >= 11 is 0. The van der Waals surface area contributed by atoms with Gasteiger partial charge in [0.2, 0.25) is 0 Å². The Labute approximate surface area is 182 Å². The van der Waals surface area contributed by atoms with Gasteiger partial charge in [0.25, 0.3) is 0 Å². The van der Waals surface area contributed by atoms with Crippen LogP contribution in [0.25, 0.3) is 0 Å². The maximum absolute atomic E-state index is 13.2. The highest BCUT2D eigenvalue weighted by molar-refractivity contribution is 5.84. The molecular formula is C27H40O3. The van der Waals surface area contributed by atoms with E-state index in [1.54, 1.807) is 5.57 Å². The lowest BCUT2D eigenvalue weighted by atomic mass is 9.44. The van der Waals surface area contributed by atoms with Crippen molar-refractivity contribution < 1.29 is 14.3 Å². The molecule has 0 aliphatic heterocycles. The molecule has 5 aliphatic carbocycles. The normalized spacial score (nSPS) is 49.7.